The van der Waals surface area contributed by atoms with E-state index < -0.39 is 5.97 Å². The number of hydrogen-bond donors (Lipinski definition) is 0. The van der Waals surface area contributed by atoms with Gasteiger partial charge in [0, 0.05) is 11.1 Å². The summed E-state index contributed by atoms with van der Waals surface area (Å²) in [6.07, 6.45) is -0.281. The predicted molar refractivity (Wildman–Crippen MR) is 77.0 cm³/mol. The predicted octanol–water partition coefficient (Wildman–Crippen LogP) is -1.48. The molecule has 0 fully saturated rings. The van der Waals surface area contributed by atoms with E-state index in [1.807, 2.05) is 0 Å². The van der Waals surface area contributed by atoms with E-state index in [1.165, 1.54) is 31.4 Å². The quantitative estimate of drug-likeness (QED) is 0.365. The fourth-order valence-corrected chi connectivity index (χ4v) is 1.92. The van der Waals surface area contributed by atoms with E-state index in [-0.39, 0.29) is 80.5 Å². The summed E-state index contributed by atoms with van der Waals surface area (Å²) in [5.74, 6) is -1.36. The van der Waals surface area contributed by atoms with Crippen molar-refractivity contribution in [1.82, 2.24) is 0 Å². The summed E-state index contributed by atoms with van der Waals surface area (Å²) in [5, 5.41) is 10.6. The van der Waals surface area contributed by atoms with Crippen LogP contribution >= 0.6 is 0 Å². The van der Waals surface area contributed by atoms with Gasteiger partial charge in [-0.05, 0) is 29.8 Å². The van der Waals surface area contributed by atoms with Crippen molar-refractivity contribution in [2.45, 2.75) is 6.42 Å². The molecule has 0 heterocycles. The maximum absolute atomic E-state index is 12.0. The van der Waals surface area contributed by atoms with Crippen LogP contribution in [0.4, 0.5) is 0 Å². The average molecular weight is 336 g/mol. The van der Waals surface area contributed by atoms with Crippen molar-refractivity contribution in [3.63, 3.8) is 0 Å². The molecule has 0 aromatic heterocycles. The third-order valence-corrected chi connectivity index (χ3v) is 3.18. The summed E-state index contributed by atoms with van der Waals surface area (Å²) in [7, 11) is 1.52. The minimum Gasteiger partial charge on any atom is -0.545 e. The zero-order chi connectivity index (χ0) is 16.1. The van der Waals surface area contributed by atoms with Gasteiger partial charge in [0.25, 0.3) is 0 Å². The van der Waals surface area contributed by atoms with E-state index in [1.54, 1.807) is 24.3 Å². The number of carboxylic acids is 1. The first-order chi connectivity index (χ1) is 10.5. The monoisotopic (exact) mass is 336 g/mol. The molecule has 112 valence electrons. The van der Waals surface area contributed by atoms with Crippen molar-refractivity contribution in [1.29, 1.82) is 0 Å². The molecule has 0 aliphatic heterocycles. The maximum Gasteiger partial charge on any atom is 1.00 e. The van der Waals surface area contributed by atoms with Crippen LogP contribution in [-0.2, 0) is 0 Å². The molecule has 2 rings (SSSR count). The number of Topliss-reactive ketones (excluding diaryl/α,β-unsaturated/α-hetero) is 2. The molecule has 0 amide bonds. The SMILES string of the molecule is COc1ccc(C(=O)CC(=O)c2ccc(C(=O)[O-])cc2)cc1.[K+]. The second kappa shape index (κ2) is 9.10. The Balaban J connectivity index is 0.00000264. The van der Waals surface area contributed by atoms with Crippen LogP contribution in [0.1, 0.15) is 37.5 Å². The number of rotatable bonds is 6. The maximum atomic E-state index is 12.0. The molecule has 2 aromatic rings. The van der Waals surface area contributed by atoms with Gasteiger partial charge in [0.15, 0.2) is 11.6 Å². The van der Waals surface area contributed by atoms with E-state index >= 15 is 0 Å². The number of carbonyl (C=O) groups is 3. The van der Waals surface area contributed by atoms with Crippen LogP contribution in [0.5, 0.6) is 5.75 Å². The van der Waals surface area contributed by atoms with Gasteiger partial charge in [-0.2, -0.15) is 0 Å². The molecule has 0 atom stereocenters. The van der Waals surface area contributed by atoms with Gasteiger partial charge < -0.3 is 14.6 Å². The zero-order valence-corrected chi connectivity index (χ0v) is 16.0. The molecule has 0 N–H and O–H groups in total. The molecular weight excluding hydrogens is 323 g/mol. The van der Waals surface area contributed by atoms with E-state index in [0.29, 0.717) is 11.3 Å². The summed E-state index contributed by atoms with van der Waals surface area (Å²) in [4.78, 5) is 34.7. The van der Waals surface area contributed by atoms with Gasteiger partial charge in [0.2, 0.25) is 0 Å². The Morgan fingerprint density at radius 3 is 1.61 bits per heavy atom. The molecule has 2 aromatic carbocycles. The fraction of sp³-hybridized carbons (Fsp3) is 0.118. The standard InChI is InChI=1S/C17H14O5.K/c1-22-14-8-6-12(7-9-14)16(19)10-15(18)11-2-4-13(5-3-11)17(20)21;/h2-9H,10H2,1H3,(H,20,21);/q;+1/p-1. The summed E-state index contributed by atoms with van der Waals surface area (Å²) in [6.45, 7) is 0. The van der Waals surface area contributed by atoms with E-state index in [0.717, 1.165) is 0 Å². The number of aromatic carboxylic acids is 1. The molecule has 23 heavy (non-hydrogen) atoms. The normalized spacial score (nSPS) is 9.61. The molecule has 0 unspecified atom stereocenters. The second-order valence-corrected chi connectivity index (χ2v) is 4.62. The minimum absolute atomic E-state index is 0. The summed E-state index contributed by atoms with van der Waals surface area (Å²) < 4.78 is 5.00. The van der Waals surface area contributed by atoms with Gasteiger partial charge >= 0.3 is 51.4 Å². The van der Waals surface area contributed by atoms with Crippen LogP contribution in [-0.4, -0.2) is 24.6 Å². The van der Waals surface area contributed by atoms with Crippen LogP contribution < -0.4 is 61.2 Å². The molecule has 0 radical (unpaired) electrons. The van der Waals surface area contributed by atoms with Gasteiger partial charge in [-0.3, -0.25) is 9.59 Å². The van der Waals surface area contributed by atoms with Crippen molar-refractivity contribution in [2.75, 3.05) is 7.11 Å². The Hall–Kier alpha value is -1.31. The Kier molecular flexibility index (Phi) is 7.80. The molecule has 0 saturated heterocycles. The number of hydrogen-bond acceptors (Lipinski definition) is 5. The topological polar surface area (TPSA) is 83.5 Å². The van der Waals surface area contributed by atoms with E-state index in [4.69, 9.17) is 4.74 Å². The molecule has 0 saturated carbocycles. The summed E-state index contributed by atoms with van der Waals surface area (Å²) in [6, 6.07) is 11.8. The van der Waals surface area contributed by atoms with Gasteiger partial charge in [0.1, 0.15) is 5.75 Å². The Morgan fingerprint density at radius 1 is 0.826 bits per heavy atom. The number of ketones is 2. The van der Waals surface area contributed by atoms with Crippen molar-refractivity contribution in [3.8, 4) is 5.75 Å². The first-order valence-electron chi connectivity index (χ1n) is 6.53. The molecule has 6 heteroatoms. The van der Waals surface area contributed by atoms with Crippen LogP contribution in [0.2, 0.25) is 0 Å². The number of carboxylic acid groups (broad SMARTS) is 1. The first kappa shape index (κ1) is 19.7. The second-order valence-electron chi connectivity index (χ2n) is 4.62. The van der Waals surface area contributed by atoms with Crippen LogP contribution in [0, 0.1) is 0 Å². The summed E-state index contributed by atoms with van der Waals surface area (Å²) >= 11 is 0. The number of benzene rings is 2. The summed E-state index contributed by atoms with van der Waals surface area (Å²) in [5.41, 5.74) is 0.686. The number of ether oxygens (including phenoxy) is 1. The van der Waals surface area contributed by atoms with Crippen molar-refractivity contribution >= 4 is 17.5 Å². The zero-order valence-electron chi connectivity index (χ0n) is 12.9. The Labute approximate surface area is 176 Å². The third-order valence-electron chi connectivity index (χ3n) is 3.18. The first-order valence-corrected chi connectivity index (χ1v) is 6.53. The van der Waals surface area contributed by atoms with Crippen molar-refractivity contribution in [3.05, 3.63) is 65.2 Å². The average Bonchev–Trinajstić information content (AvgIpc) is 2.54. The Bertz CT molecular complexity index is 705. The molecule has 0 bridgehead atoms. The van der Waals surface area contributed by atoms with Gasteiger partial charge in [-0.1, -0.05) is 24.3 Å². The van der Waals surface area contributed by atoms with Gasteiger partial charge in [-0.15, -0.1) is 0 Å². The molecule has 0 aliphatic rings. The molecule has 0 spiro atoms. The van der Waals surface area contributed by atoms with Crippen molar-refractivity contribution < 1.29 is 75.6 Å². The van der Waals surface area contributed by atoms with Gasteiger partial charge in [0.05, 0.1) is 19.5 Å². The molecule has 0 aliphatic carbocycles. The van der Waals surface area contributed by atoms with Crippen LogP contribution in [0.3, 0.4) is 0 Å². The van der Waals surface area contributed by atoms with Crippen LogP contribution in [0.25, 0.3) is 0 Å². The molecular formula is C17H13KO5. The smallest absolute Gasteiger partial charge is 0.545 e. The molecule has 5 nitrogen and oxygen atoms in total. The largest absolute Gasteiger partial charge is 1.00 e. The van der Waals surface area contributed by atoms with Gasteiger partial charge in [-0.25, -0.2) is 0 Å². The van der Waals surface area contributed by atoms with E-state index in [9.17, 15) is 19.5 Å². The fourth-order valence-electron chi connectivity index (χ4n) is 1.92. The Morgan fingerprint density at radius 2 is 1.22 bits per heavy atom. The van der Waals surface area contributed by atoms with Crippen molar-refractivity contribution in [2.24, 2.45) is 0 Å². The number of methoxy groups -OCH3 is 1. The van der Waals surface area contributed by atoms with E-state index in [2.05, 4.69) is 0 Å². The minimum atomic E-state index is -1.31. The van der Waals surface area contributed by atoms with Crippen LogP contribution in [0.15, 0.2) is 48.5 Å². The third kappa shape index (κ3) is 5.37. The number of carbonyl (C=O) groups excluding carboxylic acids is 3.